The van der Waals surface area contributed by atoms with E-state index in [1.807, 2.05) is 19.1 Å². The summed E-state index contributed by atoms with van der Waals surface area (Å²) in [6.45, 7) is 4.28. The van der Waals surface area contributed by atoms with Crippen LogP contribution in [0.15, 0.2) is 29.3 Å². The molecule has 1 saturated carbocycles. The van der Waals surface area contributed by atoms with Gasteiger partial charge in [0.2, 0.25) is 0 Å². The molecule has 1 aliphatic heterocycles. The number of piperidine rings is 1. The molecule has 3 N–H and O–H groups in total. The lowest BCUT2D eigenvalue weighted by Crippen LogP contribution is -2.48. The van der Waals surface area contributed by atoms with Gasteiger partial charge in [-0.15, -0.1) is 0 Å². The van der Waals surface area contributed by atoms with Gasteiger partial charge in [-0.05, 0) is 50.3 Å². The largest absolute Gasteiger partial charge is 0.450 e. The van der Waals surface area contributed by atoms with Crippen molar-refractivity contribution in [2.75, 3.05) is 26.2 Å². The molecule has 7 heteroatoms. The molecule has 1 aromatic carbocycles. The van der Waals surface area contributed by atoms with Gasteiger partial charge in [0.15, 0.2) is 5.96 Å². The van der Waals surface area contributed by atoms with Gasteiger partial charge in [-0.1, -0.05) is 23.7 Å². The van der Waals surface area contributed by atoms with Crippen LogP contribution < -0.4 is 11.1 Å². The first-order valence-electron chi connectivity index (χ1n) is 9.26. The summed E-state index contributed by atoms with van der Waals surface area (Å²) in [4.78, 5) is 18.1. The van der Waals surface area contributed by atoms with Crippen molar-refractivity contribution in [2.24, 2.45) is 10.7 Å². The first-order chi connectivity index (χ1) is 12.5. The molecule has 0 bridgehead atoms. The minimum Gasteiger partial charge on any atom is -0.450 e. The number of nitrogens with one attached hydrogen (secondary N) is 1. The van der Waals surface area contributed by atoms with Crippen LogP contribution in [0.5, 0.6) is 0 Å². The number of hydrogen-bond donors (Lipinski definition) is 2. The third-order valence-corrected chi connectivity index (χ3v) is 5.49. The van der Waals surface area contributed by atoms with E-state index < -0.39 is 0 Å². The molecule has 1 heterocycles. The van der Waals surface area contributed by atoms with Crippen LogP contribution in [0.2, 0.25) is 5.02 Å². The molecule has 2 aliphatic rings. The van der Waals surface area contributed by atoms with Crippen LogP contribution in [0.3, 0.4) is 0 Å². The Morgan fingerprint density at radius 1 is 1.35 bits per heavy atom. The lowest BCUT2D eigenvalue weighted by Gasteiger charge is -2.31. The maximum absolute atomic E-state index is 11.7. The predicted octanol–water partition coefficient (Wildman–Crippen LogP) is 2.90. The SMILES string of the molecule is CCOC(=O)N1CCC(NC(N)=NCC2(c3ccc(Cl)cc3)CC2)CC1. The highest BCUT2D eigenvalue weighted by Gasteiger charge is 2.44. The number of hydrogen-bond acceptors (Lipinski definition) is 3. The van der Waals surface area contributed by atoms with Crippen LogP contribution >= 0.6 is 11.6 Å². The van der Waals surface area contributed by atoms with Gasteiger partial charge in [0, 0.05) is 29.6 Å². The minimum absolute atomic E-state index is 0.115. The Morgan fingerprint density at radius 2 is 2.00 bits per heavy atom. The Bertz CT molecular complexity index is 650. The van der Waals surface area contributed by atoms with E-state index in [9.17, 15) is 4.79 Å². The maximum Gasteiger partial charge on any atom is 0.409 e. The highest BCUT2D eigenvalue weighted by Crippen LogP contribution is 2.48. The summed E-state index contributed by atoms with van der Waals surface area (Å²) in [5, 5.41) is 4.05. The molecule has 0 unspecified atom stereocenters. The molecule has 0 spiro atoms. The second kappa shape index (κ2) is 8.16. The predicted molar refractivity (Wildman–Crippen MR) is 104 cm³/mol. The molecule has 2 fully saturated rings. The second-order valence-electron chi connectivity index (χ2n) is 7.09. The summed E-state index contributed by atoms with van der Waals surface area (Å²) >= 11 is 5.98. The van der Waals surface area contributed by atoms with Crippen LogP contribution in [0.4, 0.5) is 4.79 Å². The fourth-order valence-electron chi connectivity index (χ4n) is 3.40. The number of nitrogens with zero attached hydrogens (tertiary/aromatic N) is 2. The molecule has 6 nitrogen and oxygen atoms in total. The zero-order chi connectivity index (χ0) is 18.6. The summed E-state index contributed by atoms with van der Waals surface area (Å²) in [5.74, 6) is 0.486. The zero-order valence-corrected chi connectivity index (χ0v) is 16.0. The topological polar surface area (TPSA) is 80.0 Å². The van der Waals surface area contributed by atoms with Gasteiger partial charge in [-0.3, -0.25) is 4.99 Å². The van der Waals surface area contributed by atoms with Crippen LogP contribution in [-0.2, 0) is 10.2 Å². The number of nitrogens with two attached hydrogens (primary N) is 1. The first kappa shape index (κ1) is 18.8. The second-order valence-corrected chi connectivity index (χ2v) is 7.53. The van der Waals surface area contributed by atoms with E-state index >= 15 is 0 Å². The molecule has 1 amide bonds. The van der Waals surface area contributed by atoms with Gasteiger partial charge in [0.05, 0.1) is 13.2 Å². The number of amides is 1. The van der Waals surface area contributed by atoms with Crippen LogP contribution in [0, 0.1) is 0 Å². The van der Waals surface area contributed by atoms with E-state index in [1.54, 1.807) is 4.90 Å². The molecular weight excluding hydrogens is 352 g/mol. The summed E-state index contributed by atoms with van der Waals surface area (Å²) in [7, 11) is 0. The van der Waals surface area contributed by atoms with E-state index in [4.69, 9.17) is 22.1 Å². The number of carbonyl (C=O) groups is 1. The van der Waals surface area contributed by atoms with Crippen molar-refractivity contribution < 1.29 is 9.53 Å². The van der Waals surface area contributed by atoms with Crippen molar-refractivity contribution >= 4 is 23.7 Å². The quantitative estimate of drug-likeness (QED) is 0.609. The van der Waals surface area contributed by atoms with Gasteiger partial charge in [-0.25, -0.2) is 4.79 Å². The summed E-state index contributed by atoms with van der Waals surface area (Å²) in [5.41, 5.74) is 7.49. The standard InChI is InChI=1S/C19H27ClN4O2/c1-2-26-18(25)24-11-7-16(8-12-24)23-17(21)22-13-19(9-10-19)14-3-5-15(20)6-4-14/h3-6,16H,2,7-13H2,1H3,(H3,21,22,23). The van der Waals surface area contributed by atoms with Gasteiger partial charge >= 0.3 is 6.09 Å². The van der Waals surface area contributed by atoms with Gasteiger partial charge in [-0.2, -0.15) is 0 Å². The molecule has 26 heavy (non-hydrogen) atoms. The fourth-order valence-corrected chi connectivity index (χ4v) is 3.53. The molecule has 0 aromatic heterocycles. The van der Waals surface area contributed by atoms with Crippen molar-refractivity contribution in [1.29, 1.82) is 0 Å². The Hall–Kier alpha value is -1.95. The van der Waals surface area contributed by atoms with Gasteiger partial charge < -0.3 is 20.7 Å². The highest BCUT2D eigenvalue weighted by atomic mass is 35.5. The zero-order valence-electron chi connectivity index (χ0n) is 15.2. The molecular formula is C19H27ClN4O2. The number of guanidine groups is 1. The first-order valence-corrected chi connectivity index (χ1v) is 9.64. The maximum atomic E-state index is 11.7. The number of aliphatic imine (C=N–C) groups is 1. The Kier molecular flexibility index (Phi) is 5.91. The molecule has 0 radical (unpaired) electrons. The van der Waals surface area contributed by atoms with Crippen molar-refractivity contribution in [3.63, 3.8) is 0 Å². The lowest BCUT2D eigenvalue weighted by atomic mass is 9.96. The third-order valence-electron chi connectivity index (χ3n) is 5.24. The van der Waals surface area contributed by atoms with Crippen LogP contribution in [0.25, 0.3) is 0 Å². The average Bonchev–Trinajstić information content (AvgIpc) is 3.43. The Morgan fingerprint density at radius 3 is 2.58 bits per heavy atom. The lowest BCUT2D eigenvalue weighted by molar-refractivity contribution is 0.0963. The summed E-state index contributed by atoms with van der Waals surface area (Å²) in [6.07, 6.45) is 3.72. The van der Waals surface area contributed by atoms with E-state index in [-0.39, 0.29) is 17.6 Å². The molecule has 1 aliphatic carbocycles. The summed E-state index contributed by atoms with van der Waals surface area (Å²) in [6, 6.07) is 8.27. The van der Waals surface area contributed by atoms with Crippen LogP contribution in [-0.4, -0.2) is 49.2 Å². The smallest absolute Gasteiger partial charge is 0.409 e. The van der Waals surface area contributed by atoms with E-state index in [2.05, 4.69) is 22.4 Å². The number of rotatable bonds is 5. The number of likely N-dealkylation sites (tertiary alicyclic amines) is 1. The normalized spacial score (nSPS) is 19.9. The van der Waals surface area contributed by atoms with Crippen molar-refractivity contribution in [1.82, 2.24) is 10.2 Å². The average molecular weight is 379 g/mol. The molecule has 142 valence electrons. The van der Waals surface area contributed by atoms with Crippen LogP contribution in [0.1, 0.15) is 38.2 Å². The Labute approximate surface area is 159 Å². The summed E-state index contributed by atoms with van der Waals surface area (Å²) < 4.78 is 5.04. The van der Waals surface area contributed by atoms with Crippen molar-refractivity contribution in [3.05, 3.63) is 34.9 Å². The number of benzene rings is 1. The fraction of sp³-hybridized carbons (Fsp3) is 0.579. The molecule has 1 aromatic rings. The number of ether oxygens (including phenoxy) is 1. The molecule has 1 saturated heterocycles. The monoisotopic (exact) mass is 378 g/mol. The Balaban J connectivity index is 1.47. The van der Waals surface area contributed by atoms with Crippen molar-refractivity contribution in [3.8, 4) is 0 Å². The minimum atomic E-state index is -0.230. The van der Waals surface area contributed by atoms with Gasteiger partial charge in [0.1, 0.15) is 0 Å². The molecule has 3 rings (SSSR count). The third kappa shape index (κ3) is 4.61. The number of carbonyl (C=O) groups excluding carboxylic acids is 1. The van der Waals surface area contributed by atoms with E-state index in [1.165, 1.54) is 5.56 Å². The highest BCUT2D eigenvalue weighted by molar-refractivity contribution is 6.30. The molecule has 0 atom stereocenters. The van der Waals surface area contributed by atoms with E-state index in [0.29, 0.717) is 32.2 Å². The van der Waals surface area contributed by atoms with E-state index in [0.717, 1.165) is 30.7 Å². The number of halogens is 1. The van der Waals surface area contributed by atoms with Crippen molar-refractivity contribution in [2.45, 2.75) is 44.1 Å². The van der Waals surface area contributed by atoms with Gasteiger partial charge in [0.25, 0.3) is 0 Å².